The Morgan fingerprint density at radius 1 is 1.45 bits per heavy atom. The lowest BCUT2D eigenvalue weighted by atomic mass is 9.85. The first-order valence-corrected chi connectivity index (χ1v) is 8.77. The molecule has 4 heteroatoms. The van der Waals surface area contributed by atoms with Crippen LogP contribution in [-0.4, -0.2) is 29.0 Å². The standard InChI is InChI=1S/C16H25NO2S/c1-12-15(6-9-19-12)20-10-7-13-3-2-8-16(13,11-18)17-14-4-5-14/h6,9,13-14,17-18H,2-5,7-8,10-11H2,1H3. The molecule has 0 saturated heterocycles. The maximum Gasteiger partial charge on any atom is 0.114 e. The average Bonchev–Trinajstić information content (AvgIpc) is 3.03. The van der Waals surface area contributed by atoms with Gasteiger partial charge in [0.2, 0.25) is 0 Å². The summed E-state index contributed by atoms with van der Waals surface area (Å²) in [6.45, 7) is 2.31. The molecule has 0 aliphatic heterocycles. The molecule has 0 spiro atoms. The maximum atomic E-state index is 9.91. The molecular formula is C16H25NO2S. The second-order valence-electron chi connectivity index (χ2n) is 6.30. The normalized spacial score (nSPS) is 30.0. The van der Waals surface area contributed by atoms with Crippen LogP contribution in [0.2, 0.25) is 0 Å². The van der Waals surface area contributed by atoms with Crippen molar-refractivity contribution in [2.24, 2.45) is 5.92 Å². The van der Waals surface area contributed by atoms with Crippen LogP contribution < -0.4 is 5.32 Å². The van der Waals surface area contributed by atoms with Crippen LogP contribution >= 0.6 is 11.8 Å². The smallest absolute Gasteiger partial charge is 0.114 e. The Bertz CT molecular complexity index is 443. The van der Waals surface area contributed by atoms with Crippen LogP contribution in [0.25, 0.3) is 0 Å². The van der Waals surface area contributed by atoms with Gasteiger partial charge in [0.05, 0.1) is 12.9 Å². The van der Waals surface area contributed by atoms with Crippen LogP contribution in [0.3, 0.4) is 0 Å². The Morgan fingerprint density at radius 3 is 2.95 bits per heavy atom. The van der Waals surface area contributed by atoms with E-state index in [-0.39, 0.29) is 5.54 Å². The van der Waals surface area contributed by atoms with E-state index in [4.69, 9.17) is 4.42 Å². The SMILES string of the molecule is Cc1occc1SCCC1CCCC1(CO)NC1CC1. The molecule has 0 aromatic carbocycles. The highest BCUT2D eigenvalue weighted by molar-refractivity contribution is 7.99. The van der Waals surface area contributed by atoms with E-state index in [9.17, 15) is 5.11 Å². The molecule has 20 heavy (non-hydrogen) atoms. The molecule has 112 valence electrons. The Morgan fingerprint density at radius 2 is 2.30 bits per heavy atom. The fraction of sp³-hybridized carbons (Fsp3) is 0.750. The summed E-state index contributed by atoms with van der Waals surface area (Å²) in [7, 11) is 0. The molecule has 3 nitrogen and oxygen atoms in total. The van der Waals surface area contributed by atoms with E-state index in [0.29, 0.717) is 18.6 Å². The predicted octanol–water partition coefficient (Wildman–Crippen LogP) is 3.35. The number of aryl methyl sites for hydroxylation is 1. The molecule has 2 N–H and O–H groups in total. The Hall–Kier alpha value is -0.450. The van der Waals surface area contributed by atoms with Gasteiger partial charge in [-0.15, -0.1) is 11.8 Å². The largest absolute Gasteiger partial charge is 0.468 e. The van der Waals surface area contributed by atoms with Crippen molar-refractivity contribution in [3.05, 3.63) is 18.1 Å². The fourth-order valence-corrected chi connectivity index (χ4v) is 4.50. The summed E-state index contributed by atoms with van der Waals surface area (Å²) in [6, 6.07) is 2.72. The fourth-order valence-electron chi connectivity index (χ4n) is 3.48. The molecule has 1 aromatic rings. The summed E-state index contributed by atoms with van der Waals surface area (Å²) in [5.41, 5.74) is 0.00711. The maximum absolute atomic E-state index is 9.91. The van der Waals surface area contributed by atoms with E-state index in [1.165, 1.54) is 37.0 Å². The molecule has 2 atom stereocenters. The van der Waals surface area contributed by atoms with Gasteiger partial charge in [-0.1, -0.05) is 6.42 Å². The third-order valence-electron chi connectivity index (χ3n) is 4.84. The van der Waals surface area contributed by atoms with Crippen molar-refractivity contribution in [3.63, 3.8) is 0 Å². The molecule has 1 aromatic heterocycles. The lowest BCUT2D eigenvalue weighted by Crippen LogP contribution is -2.52. The lowest BCUT2D eigenvalue weighted by Gasteiger charge is -2.35. The zero-order valence-corrected chi connectivity index (χ0v) is 13.0. The van der Waals surface area contributed by atoms with Crippen molar-refractivity contribution in [3.8, 4) is 0 Å². The highest BCUT2D eigenvalue weighted by Crippen LogP contribution is 2.41. The minimum atomic E-state index is 0.00711. The van der Waals surface area contributed by atoms with Crippen LogP contribution in [0.1, 0.15) is 44.3 Å². The van der Waals surface area contributed by atoms with E-state index >= 15 is 0 Å². The predicted molar refractivity (Wildman–Crippen MR) is 82.1 cm³/mol. The van der Waals surface area contributed by atoms with Gasteiger partial charge in [0.1, 0.15) is 5.76 Å². The van der Waals surface area contributed by atoms with Gasteiger partial charge in [0.15, 0.2) is 0 Å². The topological polar surface area (TPSA) is 45.4 Å². The summed E-state index contributed by atoms with van der Waals surface area (Å²) in [5, 5.41) is 13.7. The van der Waals surface area contributed by atoms with E-state index in [1.807, 2.05) is 18.7 Å². The summed E-state index contributed by atoms with van der Waals surface area (Å²) >= 11 is 1.88. The number of thioether (sulfide) groups is 1. The van der Waals surface area contributed by atoms with E-state index in [1.54, 1.807) is 6.26 Å². The third-order valence-corrected chi connectivity index (χ3v) is 6.02. The number of hydrogen-bond donors (Lipinski definition) is 2. The van der Waals surface area contributed by atoms with Gasteiger partial charge in [0.25, 0.3) is 0 Å². The van der Waals surface area contributed by atoms with Crippen molar-refractivity contribution in [2.45, 2.75) is 61.9 Å². The number of furan rings is 1. The Balaban J connectivity index is 1.53. The molecule has 0 amide bonds. The zero-order valence-electron chi connectivity index (χ0n) is 12.2. The van der Waals surface area contributed by atoms with Crippen molar-refractivity contribution in [2.75, 3.05) is 12.4 Å². The molecular weight excluding hydrogens is 270 g/mol. The van der Waals surface area contributed by atoms with Crippen LogP contribution in [0.4, 0.5) is 0 Å². The number of nitrogens with one attached hydrogen (secondary N) is 1. The Kier molecular flexibility index (Phi) is 4.43. The first-order valence-electron chi connectivity index (χ1n) is 7.79. The lowest BCUT2D eigenvalue weighted by molar-refractivity contribution is 0.120. The summed E-state index contributed by atoms with van der Waals surface area (Å²) < 4.78 is 5.34. The molecule has 0 bridgehead atoms. The van der Waals surface area contributed by atoms with Crippen molar-refractivity contribution in [1.82, 2.24) is 5.32 Å². The number of rotatable bonds is 7. The van der Waals surface area contributed by atoms with Gasteiger partial charge < -0.3 is 14.8 Å². The van der Waals surface area contributed by atoms with Gasteiger partial charge in [-0.05, 0) is 56.8 Å². The van der Waals surface area contributed by atoms with Gasteiger partial charge in [-0.25, -0.2) is 0 Å². The van der Waals surface area contributed by atoms with Crippen molar-refractivity contribution in [1.29, 1.82) is 0 Å². The van der Waals surface area contributed by atoms with E-state index in [2.05, 4.69) is 11.4 Å². The summed E-state index contributed by atoms with van der Waals surface area (Å²) in [5.74, 6) is 2.75. The second kappa shape index (κ2) is 6.12. The van der Waals surface area contributed by atoms with Gasteiger partial charge in [0, 0.05) is 16.5 Å². The molecule has 2 saturated carbocycles. The molecule has 3 rings (SSSR count). The van der Waals surface area contributed by atoms with Gasteiger partial charge in [-0.3, -0.25) is 0 Å². The average molecular weight is 295 g/mol. The molecule has 2 aliphatic carbocycles. The molecule has 0 radical (unpaired) electrons. The molecule has 2 unspecified atom stereocenters. The monoisotopic (exact) mass is 295 g/mol. The summed E-state index contributed by atoms with van der Waals surface area (Å²) in [4.78, 5) is 1.26. The van der Waals surface area contributed by atoms with Crippen molar-refractivity contribution >= 4 is 11.8 Å². The third kappa shape index (κ3) is 3.07. The van der Waals surface area contributed by atoms with Gasteiger partial charge in [-0.2, -0.15) is 0 Å². The molecule has 1 heterocycles. The summed E-state index contributed by atoms with van der Waals surface area (Å²) in [6.07, 6.45) is 9.16. The second-order valence-corrected chi connectivity index (χ2v) is 7.44. The van der Waals surface area contributed by atoms with Gasteiger partial charge >= 0.3 is 0 Å². The first kappa shape index (κ1) is 14.5. The van der Waals surface area contributed by atoms with Crippen LogP contribution in [0.5, 0.6) is 0 Å². The van der Waals surface area contributed by atoms with Crippen LogP contribution in [-0.2, 0) is 0 Å². The highest BCUT2D eigenvalue weighted by Gasteiger charge is 2.44. The van der Waals surface area contributed by atoms with E-state index < -0.39 is 0 Å². The zero-order chi connectivity index (χ0) is 14.0. The van der Waals surface area contributed by atoms with Crippen molar-refractivity contribution < 1.29 is 9.52 Å². The Labute approximate surface area is 125 Å². The number of aliphatic hydroxyl groups is 1. The van der Waals surface area contributed by atoms with Crippen LogP contribution in [0.15, 0.2) is 21.6 Å². The minimum Gasteiger partial charge on any atom is -0.468 e. The quantitative estimate of drug-likeness (QED) is 0.757. The first-order chi connectivity index (χ1) is 9.73. The number of hydrogen-bond acceptors (Lipinski definition) is 4. The van der Waals surface area contributed by atoms with Crippen LogP contribution in [0, 0.1) is 12.8 Å². The molecule has 2 fully saturated rings. The highest BCUT2D eigenvalue weighted by atomic mass is 32.2. The minimum absolute atomic E-state index is 0.00711. The number of aliphatic hydroxyl groups excluding tert-OH is 1. The molecule has 2 aliphatic rings. The van der Waals surface area contributed by atoms with E-state index in [0.717, 1.165) is 17.9 Å².